The first-order chi connectivity index (χ1) is 9.12. The SMILES string of the molecule is CCCCCC1(C2CCCCC2)N=C(N)N(C)C1=O. The zero-order valence-corrected chi connectivity index (χ0v) is 12.3. The molecule has 1 aliphatic heterocycles. The Morgan fingerprint density at radius 1 is 1.32 bits per heavy atom. The summed E-state index contributed by atoms with van der Waals surface area (Å²) < 4.78 is 0. The van der Waals surface area contributed by atoms with E-state index in [1.165, 1.54) is 32.1 Å². The van der Waals surface area contributed by atoms with Crippen LogP contribution in [-0.2, 0) is 4.79 Å². The molecule has 1 saturated carbocycles. The van der Waals surface area contributed by atoms with Crippen molar-refractivity contribution in [3.8, 4) is 0 Å². The Hall–Kier alpha value is -1.06. The van der Waals surface area contributed by atoms with E-state index >= 15 is 0 Å². The Morgan fingerprint density at radius 2 is 2.00 bits per heavy atom. The number of likely N-dealkylation sites (N-methyl/N-ethyl adjacent to an activating group) is 1. The molecule has 1 fully saturated rings. The third kappa shape index (κ3) is 2.63. The first-order valence-corrected chi connectivity index (χ1v) is 7.75. The number of aliphatic imine (C=N–C) groups is 1. The predicted octanol–water partition coefficient (Wildman–Crippen LogP) is 2.67. The van der Waals surface area contributed by atoms with Crippen LogP contribution >= 0.6 is 0 Å². The molecule has 0 aromatic heterocycles. The van der Waals surface area contributed by atoms with Crippen LogP contribution in [0.1, 0.15) is 64.7 Å². The molecule has 1 atom stereocenters. The van der Waals surface area contributed by atoms with Crippen molar-refractivity contribution >= 4 is 11.9 Å². The molecule has 1 heterocycles. The molecule has 2 rings (SSSR count). The van der Waals surface area contributed by atoms with Crippen LogP contribution in [0.25, 0.3) is 0 Å². The van der Waals surface area contributed by atoms with E-state index in [0.717, 1.165) is 25.7 Å². The second-order valence-corrected chi connectivity index (χ2v) is 6.05. The summed E-state index contributed by atoms with van der Waals surface area (Å²) in [6.45, 7) is 2.19. The second-order valence-electron chi connectivity index (χ2n) is 6.05. The summed E-state index contributed by atoms with van der Waals surface area (Å²) in [5, 5.41) is 0. The third-order valence-electron chi connectivity index (χ3n) is 4.77. The van der Waals surface area contributed by atoms with Crippen molar-refractivity contribution in [3.63, 3.8) is 0 Å². The van der Waals surface area contributed by atoms with Gasteiger partial charge in [0.05, 0.1) is 0 Å². The summed E-state index contributed by atoms with van der Waals surface area (Å²) in [4.78, 5) is 18.9. The van der Waals surface area contributed by atoms with Crippen molar-refractivity contribution in [2.75, 3.05) is 7.05 Å². The van der Waals surface area contributed by atoms with Gasteiger partial charge >= 0.3 is 0 Å². The standard InChI is InChI=1S/C15H27N3O/c1-3-4-8-11-15(12-9-6-5-7-10-12)13(19)18(2)14(16)17-15/h12H,3-11H2,1-2H3,(H2,16,17). The first kappa shape index (κ1) is 14.4. The smallest absolute Gasteiger partial charge is 0.257 e. The van der Waals surface area contributed by atoms with Crippen molar-refractivity contribution in [2.45, 2.75) is 70.3 Å². The zero-order chi connectivity index (χ0) is 13.9. The molecule has 0 radical (unpaired) electrons. The summed E-state index contributed by atoms with van der Waals surface area (Å²) in [6, 6.07) is 0. The van der Waals surface area contributed by atoms with Crippen LogP contribution in [0.3, 0.4) is 0 Å². The maximum atomic E-state index is 12.7. The number of carbonyl (C=O) groups excluding carboxylic acids is 1. The fraction of sp³-hybridized carbons (Fsp3) is 0.867. The van der Waals surface area contributed by atoms with E-state index in [2.05, 4.69) is 11.9 Å². The number of nitrogens with two attached hydrogens (primary N) is 1. The minimum atomic E-state index is -0.533. The van der Waals surface area contributed by atoms with Crippen molar-refractivity contribution in [2.24, 2.45) is 16.6 Å². The summed E-state index contributed by atoms with van der Waals surface area (Å²) in [5.74, 6) is 0.939. The van der Waals surface area contributed by atoms with Gasteiger partial charge in [-0.3, -0.25) is 9.69 Å². The van der Waals surface area contributed by atoms with Gasteiger partial charge in [0.15, 0.2) is 5.96 Å². The van der Waals surface area contributed by atoms with Crippen LogP contribution in [-0.4, -0.2) is 29.4 Å². The number of guanidine groups is 1. The Balaban J connectivity index is 2.20. The van der Waals surface area contributed by atoms with Crippen LogP contribution in [0.15, 0.2) is 4.99 Å². The maximum Gasteiger partial charge on any atom is 0.257 e. The predicted molar refractivity (Wildman–Crippen MR) is 77.8 cm³/mol. The molecule has 0 aromatic rings. The van der Waals surface area contributed by atoms with Crippen LogP contribution < -0.4 is 5.73 Å². The van der Waals surface area contributed by atoms with Gasteiger partial charge in [-0.05, 0) is 25.2 Å². The summed E-state index contributed by atoms with van der Waals surface area (Å²) in [5.41, 5.74) is 5.38. The number of unbranched alkanes of at least 4 members (excludes halogenated alkanes) is 2. The average Bonchev–Trinajstić information content (AvgIpc) is 2.66. The Morgan fingerprint density at radius 3 is 2.53 bits per heavy atom. The van der Waals surface area contributed by atoms with Crippen LogP contribution in [0.2, 0.25) is 0 Å². The fourth-order valence-corrected chi connectivity index (χ4v) is 3.58. The summed E-state index contributed by atoms with van der Waals surface area (Å²) in [6.07, 6.45) is 10.3. The number of rotatable bonds is 5. The summed E-state index contributed by atoms with van der Waals surface area (Å²) >= 11 is 0. The summed E-state index contributed by atoms with van der Waals surface area (Å²) in [7, 11) is 1.76. The number of hydrogen-bond donors (Lipinski definition) is 1. The van der Waals surface area contributed by atoms with Gasteiger partial charge < -0.3 is 5.73 Å². The van der Waals surface area contributed by atoms with Crippen LogP contribution in [0, 0.1) is 5.92 Å². The minimum absolute atomic E-state index is 0.132. The van der Waals surface area contributed by atoms with Crippen molar-refractivity contribution in [3.05, 3.63) is 0 Å². The number of carbonyl (C=O) groups is 1. The largest absolute Gasteiger partial charge is 0.369 e. The Labute approximate surface area is 116 Å². The molecule has 1 amide bonds. The molecule has 2 N–H and O–H groups in total. The lowest BCUT2D eigenvalue weighted by atomic mass is 9.72. The first-order valence-electron chi connectivity index (χ1n) is 7.75. The molecule has 0 saturated heterocycles. The van der Waals surface area contributed by atoms with Crippen molar-refractivity contribution < 1.29 is 4.79 Å². The third-order valence-corrected chi connectivity index (χ3v) is 4.77. The van der Waals surface area contributed by atoms with Crippen molar-refractivity contribution in [1.29, 1.82) is 0 Å². The van der Waals surface area contributed by atoms with Gasteiger partial charge in [0, 0.05) is 7.05 Å². The monoisotopic (exact) mass is 265 g/mol. The molecule has 2 aliphatic rings. The van der Waals surface area contributed by atoms with Gasteiger partial charge in [-0.25, -0.2) is 4.99 Å². The number of amides is 1. The number of nitrogens with zero attached hydrogens (tertiary/aromatic N) is 2. The topological polar surface area (TPSA) is 58.7 Å². The van der Waals surface area contributed by atoms with Gasteiger partial charge in [-0.15, -0.1) is 0 Å². The van der Waals surface area contributed by atoms with Gasteiger partial charge in [0.25, 0.3) is 5.91 Å². The van der Waals surface area contributed by atoms with Crippen molar-refractivity contribution in [1.82, 2.24) is 4.90 Å². The highest BCUT2D eigenvalue weighted by molar-refractivity contribution is 6.06. The highest BCUT2D eigenvalue weighted by Crippen LogP contribution is 2.42. The lowest BCUT2D eigenvalue weighted by molar-refractivity contribution is -0.133. The van der Waals surface area contributed by atoms with Gasteiger partial charge in [0.1, 0.15) is 5.54 Å². The lowest BCUT2D eigenvalue weighted by Crippen LogP contribution is -2.47. The molecule has 4 heteroatoms. The molecular formula is C15H27N3O. The highest BCUT2D eigenvalue weighted by atomic mass is 16.2. The maximum absolute atomic E-state index is 12.7. The van der Waals surface area contributed by atoms with Gasteiger partial charge in [-0.2, -0.15) is 0 Å². The van der Waals surface area contributed by atoms with E-state index in [0.29, 0.717) is 11.9 Å². The van der Waals surface area contributed by atoms with E-state index in [9.17, 15) is 4.79 Å². The highest BCUT2D eigenvalue weighted by Gasteiger charge is 2.51. The molecule has 19 heavy (non-hydrogen) atoms. The second kappa shape index (κ2) is 5.93. The van der Waals surface area contributed by atoms with E-state index in [-0.39, 0.29) is 5.91 Å². The van der Waals surface area contributed by atoms with E-state index in [4.69, 9.17) is 5.73 Å². The van der Waals surface area contributed by atoms with Crippen LogP contribution in [0.4, 0.5) is 0 Å². The molecular weight excluding hydrogens is 238 g/mol. The molecule has 0 bridgehead atoms. The normalized spacial score (nSPS) is 28.8. The van der Waals surface area contributed by atoms with Crippen LogP contribution in [0.5, 0.6) is 0 Å². The average molecular weight is 265 g/mol. The van der Waals surface area contributed by atoms with Gasteiger partial charge in [-0.1, -0.05) is 45.4 Å². The number of hydrogen-bond acceptors (Lipinski definition) is 3. The van der Waals surface area contributed by atoms with E-state index in [1.54, 1.807) is 11.9 Å². The molecule has 0 aromatic carbocycles. The molecule has 4 nitrogen and oxygen atoms in total. The Kier molecular flexibility index (Phi) is 4.48. The molecule has 1 aliphatic carbocycles. The van der Waals surface area contributed by atoms with E-state index < -0.39 is 5.54 Å². The minimum Gasteiger partial charge on any atom is -0.369 e. The molecule has 0 spiro atoms. The zero-order valence-electron chi connectivity index (χ0n) is 12.3. The Bertz CT molecular complexity index is 360. The van der Waals surface area contributed by atoms with Gasteiger partial charge in [0.2, 0.25) is 0 Å². The fourth-order valence-electron chi connectivity index (χ4n) is 3.58. The molecule has 108 valence electrons. The lowest BCUT2D eigenvalue weighted by Gasteiger charge is -2.36. The quantitative estimate of drug-likeness (QED) is 0.777. The van der Waals surface area contributed by atoms with E-state index in [1.807, 2.05) is 0 Å². The molecule has 1 unspecified atom stereocenters.